The van der Waals surface area contributed by atoms with Crippen LogP contribution in [0.1, 0.15) is 18.4 Å². The van der Waals surface area contributed by atoms with E-state index in [-0.39, 0.29) is 12.3 Å². The highest BCUT2D eigenvalue weighted by molar-refractivity contribution is 5.74. The molecule has 1 atom stereocenters. The van der Waals surface area contributed by atoms with Crippen LogP contribution in [0.4, 0.5) is 4.79 Å². The topological polar surface area (TPSA) is 41.6 Å². The van der Waals surface area contributed by atoms with Crippen LogP contribution in [-0.2, 0) is 11.3 Å². The molecule has 0 aromatic heterocycles. The first-order valence-electron chi connectivity index (χ1n) is 5.93. The first-order chi connectivity index (χ1) is 8.25. The minimum Gasteiger partial charge on any atom is -0.358 e. The van der Waals surface area contributed by atoms with Gasteiger partial charge in [0.1, 0.15) is 6.23 Å². The fraction of sp³-hybridized carbons (Fsp3) is 0.462. The Kier molecular flexibility index (Phi) is 3.98. The third-order valence-corrected chi connectivity index (χ3v) is 2.82. The maximum atomic E-state index is 11.8. The van der Waals surface area contributed by atoms with Crippen LogP contribution in [0.5, 0.6) is 0 Å². The second-order valence-corrected chi connectivity index (χ2v) is 4.29. The zero-order valence-electron chi connectivity index (χ0n) is 10.1. The molecule has 2 rings (SSSR count). The molecule has 92 valence electrons. The first kappa shape index (κ1) is 11.9. The number of hydrogen-bond acceptors (Lipinski definition) is 2. The number of ether oxygens (including phenoxy) is 1. The Morgan fingerprint density at radius 2 is 2.24 bits per heavy atom. The standard InChI is InChI=1S/C13H18N2O2/c1-15(10-11-6-3-2-4-7-11)13(16)14-12-8-5-9-17-12/h2-4,6-7,12H,5,8-10H2,1H3,(H,14,16). The quantitative estimate of drug-likeness (QED) is 0.868. The predicted octanol–water partition coefficient (Wildman–Crippen LogP) is 1.96. The van der Waals surface area contributed by atoms with E-state index in [2.05, 4.69) is 5.32 Å². The van der Waals surface area contributed by atoms with Crippen molar-refractivity contribution in [2.45, 2.75) is 25.6 Å². The molecule has 1 heterocycles. The van der Waals surface area contributed by atoms with E-state index < -0.39 is 0 Å². The fourth-order valence-electron chi connectivity index (χ4n) is 1.87. The van der Waals surface area contributed by atoms with Crippen LogP contribution in [0.25, 0.3) is 0 Å². The Morgan fingerprint density at radius 1 is 1.47 bits per heavy atom. The SMILES string of the molecule is CN(Cc1ccccc1)C(=O)NC1CCCO1. The van der Waals surface area contributed by atoms with E-state index in [9.17, 15) is 4.79 Å². The molecule has 1 aliphatic heterocycles. The molecule has 0 spiro atoms. The van der Waals surface area contributed by atoms with E-state index in [4.69, 9.17) is 4.74 Å². The second-order valence-electron chi connectivity index (χ2n) is 4.29. The number of benzene rings is 1. The lowest BCUT2D eigenvalue weighted by Gasteiger charge is -2.20. The molecule has 1 fully saturated rings. The summed E-state index contributed by atoms with van der Waals surface area (Å²) in [4.78, 5) is 13.5. The molecule has 0 saturated carbocycles. The van der Waals surface area contributed by atoms with Crippen molar-refractivity contribution in [3.8, 4) is 0 Å². The van der Waals surface area contributed by atoms with Gasteiger partial charge in [-0.25, -0.2) is 4.79 Å². The van der Waals surface area contributed by atoms with Gasteiger partial charge in [-0.05, 0) is 18.4 Å². The van der Waals surface area contributed by atoms with E-state index in [0.717, 1.165) is 25.0 Å². The van der Waals surface area contributed by atoms with E-state index in [1.165, 1.54) is 0 Å². The molecule has 1 N–H and O–H groups in total. The van der Waals surface area contributed by atoms with Crippen molar-refractivity contribution in [1.29, 1.82) is 0 Å². The minimum atomic E-state index is -0.110. The smallest absolute Gasteiger partial charge is 0.319 e. The van der Waals surface area contributed by atoms with Gasteiger partial charge in [-0.1, -0.05) is 30.3 Å². The van der Waals surface area contributed by atoms with Crippen LogP contribution in [0.15, 0.2) is 30.3 Å². The van der Waals surface area contributed by atoms with Crippen molar-refractivity contribution in [3.63, 3.8) is 0 Å². The summed E-state index contributed by atoms with van der Waals surface area (Å²) in [7, 11) is 1.79. The number of nitrogens with zero attached hydrogens (tertiary/aromatic N) is 1. The number of urea groups is 1. The number of rotatable bonds is 3. The van der Waals surface area contributed by atoms with Gasteiger partial charge in [-0.3, -0.25) is 0 Å². The van der Waals surface area contributed by atoms with Crippen LogP contribution in [0.3, 0.4) is 0 Å². The highest BCUT2D eigenvalue weighted by Gasteiger charge is 2.19. The van der Waals surface area contributed by atoms with Crippen molar-refractivity contribution in [1.82, 2.24) is 10.2 Å². The summed E-state index contributed by atoms with van der Waals surface area (Å²) >= 11 is 0. The molecule has 1 unspecified atom stereocenters. The van der Waals surface area contributed by atoms with Gasteiger partial charge in [0.15, 0.2) is 0 Å². The number of amides is 2. The lowest BCUT2D eigenvalue weighted by Crippen LogP contribution is -2.42. The second kappa shape index (κ2) is 5.68. The molecule has 0 radical (unpaired) electrons. The highest BCUT2D eigenvalue weighted by atomic mass is 16.5. The van der Waals surface area contributed by atoms with E-state index in [1.807, 2.05) is 30.3 Å². The van der Waals surface area contributed by atoms with Crippen molar-refractivity contribution < 1.29 is 9.53 Å². The summed E-state index contributed by atoms with van der Waals surface area (Å²) in [5, 5.41) is 2.86. The third kappa shape index (κ3) is 3.46. The van der Waals surface area contributed by atoms with Crippen LogP contribution in [0.2, 0.25) is 0 Å². The minimum absolute atomic E-state index is 0.0826. The van der Waals surface area contributed by atoms with Crippen LogP contribution >= 0.6 is 0 Å². The van der Waals surface area contributed by atoms with Crippen LogP contribution < -0.4 is 5.32 Å². The Morgan fingerprint density at radius 3 is 2.88 bits per heavy atom. The maximum absolute atomic E-state index is 11.8. The van der Waals surface area contributed by atoms with Gasteiger partial charge in [-0.15, -0.1) is 0 Å². The van der Waals surface area contributed by atoms with Crippen molar-refractivity contribution in [2.24, 2.45) is 0 Å². The molecule has 4 nitrogen and oxygen atoms in total. The van der Waals surface area contributed by atoms with Crippen LogP contribution in [0, 0.1) is 0 Å². The number of carbonyl (C=O) groups excluding carboxylic acids is 1. The maximum Gasteiger partial charge on any atom is 0.319 e. The van der Waals surface area contributed by atoms with Crippen molar-refractivity contribution in [2.75, 3.05) is 13.7 Å². The Bertz CT molecular complexity index is 361. The highest BCUT2D eigenvalue weighted by Crippen LogP contribution is 2.10. The Labute approximate surface area is 102 Å². The average molecular weight is 234 g/mol. The lowest BCUT2D eigenvalue weighted by molar-refractivity contribution is 0.0848. The molecule has 0 aliphatic carbocycles. The molecular weight excluding hydrogens is 216 g/mol. The molecule has 0 bridgehead atoms. The van der Waals surface area contributed by atoms with Gasteiger partial charge in [0, 0.05) is 20.2 Å². The molecule has 1 aromatic rings. The molecular formula is C13H18N2O2. The lowest BCUT2D eigenvalue weighted by atomic mass is 10.2. The summed E-state index contributed by atoms with van der Waals surface area (Å²) in [5.41, 5.74) is 1.12. The largest absolute Gasteiger partial charge is 0.358 e. The van der Waals surface area contributed by atoms with Gasteiger partial charge in [0.25, 0.3) is 0 Å². The van der Waals surface area contributed by atoms with Gasteiger partial charge in [0.2, 0.25) is 0 Å². The Hall–Kier alpha value is -1.55. The van der Waals surface area contributed by atoms with Gasteiger partial charge in [-0.2, -0.15) is 0 Å². The van der Waals surface area contributed by atoms with Gasteiger partial charge in [0.05, 0.1) is 0 Å². The third-order valence-electron chi connectivity index (χ3n) is 2.82. The molecule has 1 aliphatic rings. The summed E-state index contributed by atoms with van der Waals surface area (Å²) in [6.45, 7) is 1.35. The number of hydrogen-bond donors (Lipinski definition) is 1. The molecule has 17 heavy (non-hydrogen) atoms. The zero-order chi connectivity index (χ0) is 12.1. The Balaban J connectivity index is 1.82. The molecule has 4 heteroatoms. The van der Waals surface area contributed by atoms with Gasteiger partial charge >= 0.3 is 6.03 Å². The average Bonchev–Trinajstić information content (AvgIpc) is 2.83. The van der Waals surface area contributed by atoms with Crippen LogP contribution in [-0.4, -0.2) is 30.8 Å². The summed E-state index contributed by atoms with van der Waals surface area (Å²) < 4.78 is 5.37. The monoisotopic (exact) mass is 234 g/mol. The van der Waals surface area contributed by atoms with E-state index in [1.54, 1.807) is 11.9 Å². The predicted molar refractivity (Wildman–Crippen MR) is 65.4 cm³/mol. The van der Waals surface area contributed by atoms with Crippen molar-refractivity contribution in [3.05, 3.63) is 35.9 Å². The summed E-state index contributed by atoms with van der Waals surface area (Å²) in [6, 6.07) is 9.85. The van der Waals surface area contributed by atoms with Gasteiger partial charge < -0.3 is 15.0 Å². The molecule has 2 amide bonds. The zero-order valence-corrected chi connectivity index (χ0v) is 10.1. The number of nitrogens with one attached hydrogen (secondary N) is 1. The fourth-order valence-corrected chi connectivity index (χ4v) is 1.87. The van der Waals surface area contributed by atoms with Crippen molar-refractivity contribution >= 4 is 6.03 Å². The normalized spacial score (nSPS) is 19.0. The number of carbonyl (C=O) groups is 1. The summed E-state index contributed by atoms with van der Waals surface area (Å²) in [5.74, 6) is 0. The van der Waals surface area contributed by atoms with E-state index in [0.29, 0.717) is 6.54 Å². The summed E-state index contributed by atoms with van der Waals surface area (Å²) in [6.07, 6.45) is 1.82. The van der Waals surface area contributed by atoms with E-state index >= 15 is 0 Å². The molecule has 1 saturated heterocycles. The molecule has 1 aromatic carbocycles. The first-order valence-corrected chi connectivity index (χ1v) is 5.93.